The minimum atomic E-state index is -0.734. The number of methoxy groups -OCH3 is 2. The summed E-state index contributed by atoms with van der Waals surface area (Å²) in [4.78, 5) is 23.8. The van der Waals surface area contributed by atoms with E-state index in [2.05, 4.69) is 17.2 Å². The van der Waals surface area contributed by atoms with Crippen LogP contribution in [0.15, 0.2) is 47.2 Å². The van der Waals surface area contributed by atoms with Crippen molar-refractivity contribution in [1.82, 2.24) is 0 Å². The van der Waals surface area contributed by atoms with Crippen molar-refractivity contribution in [3.05, 3.63) is 52.5 Å². The molecule has 8 heteroatoms. The molecular formula is C22H26N2O6. The van der Waals surface area contributed by atoms with Gasteiger partial charge in [-0.05, 0) is 44.1 Å². The number of hydrogen-bond donors (Lipinski definition) is 2. The minimum Gasteiger partial charge on any atom is -0.496 e. The van der Waals surface area contributed by atoms with Crippen LogP contribution in [0.4, 0.5) is 11.4 Å². The van der Waals surface area contributed by atoms with E-state index in [1.54, 1.807) is 13.0 Å². The van der Waals surface area contributed by atoms with Crippen LogP contribution in [0.25, 0.3) is 10.8 Å². The molecule has 1 atom stereocenters. The van der Waals surface area contributed by atoms with E-state index in [-0.39, 0.29) is 11.3 Å². The van der Waals surface area contributed by atoms with Crippen LogP contribution >= 0.6 is 0 Å². The fourth-order valence-corrected chi connectivity index (χ4v) is 3.10. The van der Waals surface area contributed by atoms with Crippen molar-refractivity contribution in [1.29, 1.82) is 0 Å². The fraction of sp³-hybridized carbons (Fsp3) is 0.318. The molecule has 0 unspecified atom stereocenters. The highest BCUT2D eigenvalue weighted by atomic mass is 16.5. The van der Waals surface area contributed by atoms with Crippen LogP contribution < -0.4 is 15.0 Å². The Morgan fingerprint density at radius 3 is 2.43 bits per heavy atom. The molecule has 30 heavy (non-hydrogen) atoms. The van der Waals surface area contributed by atoms with Crippen LogP contribution in [0, 0.1) is 4.91 Å². The quantitative estimate of drug-likeness (QED) is 0.181. The number of fused-ring (bicyclic) bond motifs is 1. The molecule has 2 aromatic carbocycles. The lowest BCUT2D eigenvalue weighted by molar-refractivity contribution is -0.144. The Morgan fingerprint density at radius 2 is 1.93 bits per heavy atom. The van der Waals surface area contributed by atoms with E-state index < -0.39 is 12.1 Å². The number of carbonyl (C=O) groups excluding carboxylic acids is 1. The third-order valence-electron chi connectivity index (χ3n) is 4.53. The van der Waals surface area contributed by atoms with Gasteiger partial charge < -0.3 is 14.2 Å². The summed E-state index contributed by atoms with van der Waals surface area (Å²) in [5, 5.41) is 13.4. The first kappa shape index (κ1) is 22.9. The summed E-state index contributed by atoms with van der Waals surface area (Å²) in [6, 6.07) is 4.61. The molecule has 0 spiro atoms. The molecule has 2 rings (SSSR count). The van der Waals surface area contributed by atoms with E-state index in [4.69, 9.17) is 14.2 Å². The lowest BCUT2D eigenvalue weighted by Crippen LogP contribution is -2.13. The van der Waals surface area contributed by atoms with Crippen molar-refractivity contribution in [3.8, 4) is 11.5 Å². The molecule has 0 aliphatic carbocycles. The summed E-state index contributed by atoms with van der Waals surface area (Å²) in [7, 11) is 2.90. The van der Waals surface area contributed by atoms with Crippen molar-refractivity contribution in [3.63, 3.8) is 0 Å². The zero-order valence-corrected chi connectivity index (χ0v) is 17.7. The second kappa shape index (κ2) is 9.89. The highest BCUT2D eigenvalue weighted by molar-refractivity contribution is 6.08. The smallest absolute Gasteiger partial charge is 0.333 e. The molecule has 8 nitrogen and oxygen atoms in total. The number of nitrogens with one attached hydrogen (secondary N) is 1. The van der Waals surface area contributed by atoms with Crippen molar-refractivity contribution >= 4 is 28.1 Å². The number of ether oxygens (including phenoxy) is 3. The fourth-order valence-electron chi connectivity index (χ4n) is 3.10. The Bertz CT molecular complexity index is 1010. The number of allylic oxidation sites excluding steroid dienone is 1. The Hall–Kier alpha value is -3.39. The lowest BCUT2D eigenvalue weighted by atomic mass is 9.96. The molecule has 160 valence electrons. The van der Waals surface area contributed by atoms with E-state index in [9.17, 15) is 14.9 Å². The van der Waals surface area contributed by atoms with Gasteiger partial charge in [-0.25, -0.2) is 4.79 Å². The molecule has 0 aliphatic rings. The second-order valence-corrected chi connectivity index (χ2v) is 6.98. The predicted octanol–water partition coefficient (Wildman–Crippen LogP) is 5.57. The van der Waals surface area contributed by atoms with E-state index >= 15 is 0 Å². The second-order valence-electron chi connectivity index (χ2n) is 6.98. The first-order chi connectivity index (χ1) is 14.3. The molecule has 0 bridgehead atoms. The summed E-state index contributed by atoms with van der Waals surface area (Å²) in [6.45, 7) is 9.06. The number of rotatable bonds is 9. The molecule has 0 aliphatic heterocycles. The van der Waals surface area contributed by atoms with Crippen molar-refractivity contribution < 1.29 is 24.2 Å². The van der Waals surface area contributed by atoms with Gasteiger partial charge in [0.25, 0.3) is 0 Å². The third kappa shape index (κ3) is 4.60. The average Bonchev–Trinajstić information content (AvgIpc) is 2.73. The van der Waals surface area contributed by atoms with Crippen LogP contribution in [0.2, 0.25) is 0 Å². The van der Waals surface area contributed by atoms with Gasteiger partial charge in [0.2, 0.25) is 0 Å². The van der Waals surface area contributed by atoms with Crippen LogP contribution in [0.1, 0.15) is 38.9 Å². The van der Waals surface area contributed by atoms with E-state index in [0.29, 0.717) is 39.9 Å². The van der Waals surface area contributed by atoms with Gasteiger partial charge in [-0.3, -0.25) is 10.7 Å². The number of nitroso groups, excluding NO2 is 1. The van der Waals surface area contributed by atoms with Gasteiger partial charge in [0.05, 0.1) is 30.7 Å². The van der Waals surface area contributed by atoms with Crippen LogP contribution in [-0.4, -0.2) is 25.4 Å². The molecule has 0 aromatic heterocycles. The highest BCUT2D eigenvalue weighted by Gasteiger charge is 2.27. The molecule has 0 amide bonds. The van der Waals surface area contributed by atoms with Gasteiger partial charge in [0.1, 0.15) is 23.3 Å². The molecule has 0 fully saturated rings. The number of hydrogen-bond acceptors (Lipinski definition) is 8. The number of anilines is 1. The summed E-state index contributed by atoms with van der Waals surface area (Å²) in [5.74, 6) is 0.0818. The Kier molecular flexibility index (Phi) is 7.54. The molecular weight excluding hydrogens is 388 g/mol. The summed E-state index contributed by atoms with van der Waals surface area (Å²) in [6.07, 6.45) is 1.56. The van der Waals surface area contributed by atoms with Gasteiger partial charge in [-0.15, -0.1) is 4.91 Å². The molecule has 0 radical (unpaired) electrons. The van der Waals surface area contributed by atoms with Crippen molar-refractivity contribution in [2.45, 2.75) is 33.3 Å². The van der Waals surface area contributed by atoms with Crippen molar-refractivity contribution in [2.24, 2.45) is 5.18 Å². The van der Waals surface area contributed by atoms with Crippen LogP contribution in [-0.2, 0) is 9.53 Å². The van der Waals surface area contributed by atoms with Gasteiger partial charge in [-0.2, -0.15) is 0 Å². The number of nitrogens with zero attached hydrogens (tertiary/aromatic N) is 1. The van der Waals surface area contributed by atoms with E-state index in [1.165, 1.54) is 26.4 Å². The van der Waals surface area contributed by atoms with Crippen LogP contribution in [0.5, 0.6) is 11.5 Å². The Labute approximate surface area is 175 Å². The van der Waals surface area contributed by atoms with E-state index in [0.717, 1.165) is 5.57 Å². The Morgan fingerprint density at radius 1 is 1.23 bits per heavy atom. The molecule has 0 saturated heterocycles. The van der Waals surface area contributed by atoms with Gasteiger partial charge in [0.15, 0.2) is 0 Å². The summed E-state index contributed by atoms with van der Waals surface area (Å²) < 4.78 is 16.8. The topological polar surface area (TPSA) is 106 Å². The number of esters is 1. The molecule has 0 heterocycles. The molecule has 2 aromatic rings. The summed E-state index contributed by atoms with van der Waals surface area (Å²) >= 11 is 0. The number of carbonyl (C=O) groups is 1. The minimum absolute atomic E-state index is 0.0909. The maximum atomic E-state index is 12.3. The predicted molar refractivity (Wildman–Crippen MR) is 116 cm³/mol. The number of benzene rings is 2. The monoisotopic (exact) mass is 414 g/mol. The SMILES string of the molecule is C=C(C)C(=O)O[C@@H](CC=C(C)C)c1cc(OC)c2c(NO)ccc(N=O)c2c1OC. The lowest BCUT2D eigenvalue weighted by Gasteiger charge is -2.23. The van der Waals surface area contributed by atoms with Gasteiger partial charge in [-0.1, -0.05) is 18.2 Å². The zero-order chi connectivity index (χ0) is 22.4. The maximum Gasteiger partial charge on any atom is 0.333 e. The normalized spacial score (nSPS) is 11.4. The highest BCUT2D eigenvalue weighted by Crippen LogP contribution is 2.48. The molecule has 2 N–H and O–H groups in total. The Balaban J connectivity index is 2.88. The standard InChI is InChI=1S/C22H26N2O6/c1-12(2)7-10-17(30-22(25)13(3)4)14-11-18(28-5)19-15(23-26)8-9-16(24-27)20(19)21(14)29-6/h7-9,11,17,23,26H,3,10H2,1-2,4-6H3/t17-/m0/s1. The van der Waals surface area contributed by atoms with Gasteiger partial charge in [0, 0.05) is 17.6 Å². The maximum absolute atomic E-state index is 12.3. The van der Waals surface area contributed by atoms with E-state index in [1.807, 2.05) is 19.9 Å². The summed E-state index contributed by atoms with van der Waals surface area (Å²) in [5.41, 5.74) is 4.28. The largest absolute Gasteiger partial charge is 0.496 e. The van der Waals surface area contributed by atoms with Crippen LogP contribution in [0.3, 0.4) is 0 Å². The zero-order valence-electron chi connectivity index (χ0n) is 17.7. The van der Waals surface area contributed by atoms with Crippen molar-refractivity contribution in [2.75, 3.05) is 19.7 Å². The average molecular weight is 414 g/mol. The first-order valence-electron chi connectivity index (χ1n) is 9.23. The first-order valence-corrected chi connectivity index (χ1v) is 9.23. The molecule has 0 saturated carbocycles. The van der Waals surface area contributed by atoms with Gasteiger partial charge >= 0.3 is 5.97 Å². The third-order valence-corrected chi connectivity index (χ3v) is 4.53.